The first-order valence-corrected chi connectivity index (χ1v) is 9.62. The molecule has 0 bridgehead atoms. The molecule has 0 radical (unpaired) electrons. The Morgan fingerprint density at radius 1 is 1.16 bits per heavy atom. The molecule has 6 nitrogen and oxygen atoms in total. The number of aryl methyl sites for hydroxylation is 1. The molecule has 0 atom stereocenters. The van der Waals surface area contributed by atoms with Crippen LogP contribution in [0.5, 0.6) is 0 Å². The second-order valence-electron chi connectivity index (χ2n) is 5.31. The number of benzene rings is 2. The maximum Gasteiger partial charge on any atom is 0.419 e. The number of hydrogen-bond acceptors (Lipinski definition) is 4. The molecule has 0 aliphatic rings. The van der Waals surface area contributed by atoms with Gasteiger partial charge in [-0.1, -0.05) is 35.3 Å². The summed E-state index contributed by atoms with van der Waals surface area (Å²) in [6, 6.07) is 9.46. The van der Waals surface area contributed by atoms with Gasteiger partial charge in [-0.25, -0.2) is 17.9 Å². The molecule has 25 heavy (non-hydrogen) atoms. The lowest BCUT2D eigenvalue weighted by Crippen LogP contribution is -2.23. The SMILES string of the molecule is CCn1c(=O)oc2cc(S(=O)(=O)NCc3ccc(Cl)cc3)c(Cl)cc21. The molecule has 3 aromatic rings. The van der Waals surface area contributed by atoms with Crippen LogP contribution in [0.2, 0.25) is 10.0 Å². The number of nitrogens with zero attached hydrogens (tertiary/aromatic N) is 1. The van der Waals surface area contributed by atoms with E-state index in [-0.39, 0.29) is 22.0 Å². The van der Waals surface area contributed by atoms with Crippen molar-refractivity contribution in [3.8, 4) is 0 Å². The first-order chi connectivity index (χ1) is 11.8. The Bertz CT molecular complexity index is 1090. The molecular formula is C16H14Cl2N2O4S. The van der Waals surface area contributed by atoms with Crippen molar-refractivity contribution >= 4 is 44.3 Å². The van der Waals surface area contributed by atoms with Crippen LogP contribution in [0, 0.1) is 0 Å². The van der Waals surface area contributed by atoms with Crippen LogP contribution < -0.4 is 10.5 Å². The maximum atomic E-state index is 12.6. The molecule has 0 saturated carbocycles. The molecule has 1 N–H and O–H groups in total. The minimum atomic E-state index is -3.89. The summed E-state index contributed by atoms with van der Waals surface area (Å²) < 4.78 is 34.0. The molecular weight excluding hydrogens is 387 g/mol. The average molecular weight is 401 g/mol. The lowest BCUT2D eigenvalue weighted by Gasteiger charge is -2.09. The van der Waals surface area contributed by atoms with E-state index in [0.717, 1.165) is 5.56 Å². The van der Waals surface area contributed by atoms with Crippen LogP contribution in [-0.4, -0.2) is 13.0 Å². The number of aromatic nitrogens is 1. The smallest absolute Gasteiger partial charge is 0.408 e. The summed E-state index contributed by atoms with van der Waals surface area (Å²) in [6.45, 7) is 2.25. The highest BCUT2D eigenvalue weighted by Gasteiger charge is 2.21. The van der Waals surface area contributed by atoms with Gasteiger partial charge in [0.1, 0.15) is 4.90 Å². The van der Waals surface area contributed by atoms with Gasteiger partial charge in [-0.15, -0.1) is 0 Å². The molecule has 2 aromatic carbocycles. The molecule has 0 spiro atoms. The highest BCUT2D eigenvalue weighted by molar-refractivity contribution is 7.89. The average Bonchev–Trinajstić information content (AvgIpc) is 2.87. The summed E-state index contributed by atoms with van der Waals surface area (Å²) >= 11 is 11.9. The van der Waals surface area contributed by atoms with Gasteiger partial charge in [0.05, 0.1) is 10.5 Å². The molecule has 0 aliphatic heterocycles. The number of rotatable bonds is 5. The fourth-order valence-corrected chi connectivity index (χ4v) is 4.11. The van der Waals surface area contributed by atoms with Crippen LogP contribution in [0.4, 0.5) is 0 Å². The van der Waals surface area contributed by atoms with Gasteiger partial charge >= 0.3 is 5.76 Å². The second-order valence-corrected chi connectivity index (χ2v) is 7.89. The van der Waals surface area contributed by atoms with Crippen LogP contribution in [0.1, 0.15) is 12.5 Å². The van der Waals surface area contributed by atoms with Crippen molar-refractivity contribution in [1.29, 1.82) is 0 Å². The van der Waals surface area contributed by atoms with Crippen LogP contribution in [-0.2, 0) is 23.1 Å². The third kappa shape index (κ3) is 3.59. The van der Waals surface area contributed by atoms with Crippen molar-refractivity contribution in [2.75, 3.05) is 0 Å². The van der Waals surface area contributed by atoms with Crippen molar-refractivity contribution in [2.45, 2.75) is 24.9 Å². The zero-order valence-corrected chi connectivity index (χ0v) is 15.5. The van der Waals surface area contributed by atoms with Crippen LogP contribution in [0.3, 0.4) is 0 Å². The van der Waals surface area contributed by atoms with Crippen molar-refractivity contribution in [3.63, 3.8) is 0 Å². The van der Waals surface area contributed by atoms with Crippen molar-refractivity contribution in [3.05, 3.63) is 62.6 Å². The van der Waals surface area contributed by atoms with E-state index in [0.29, 0.717) is 17.1 Å². The molecule has 132 valence electrons. The Balaban J connectivity index is 1.95. The van der Waals surface area contributed by atoms with Gasteiger partial charge < -0.3 is 4.42 Å². The molecule has 1 heterocycles. The molecule has 0 saturated heterocycles. The third-order valence-electron chi connectivity index (χ3n) is 3.71. The predicted molar refractivity (Wildman–Crippen MR) is 96.6 cm³/mol. The van der Waals surface area contributed by atoms with E-state index in [1.807, 2.05) is 0 Å². The Morgan fingerprint density at radius 3 is 2.48 bits per heavy atom. The van der Waals surface area contributed by atoms with Crippen molar-refractivity contribution in [1.82, 2.24) is 9.29 Å². The van der Waals surface area contributed by atoms with E-state index in [1.165, 1.54) is 16.7 Å². The number of oxazole rings is 1. The summed E-state index contributed by atoms with van der Waals surface area (Å²) in [6.07, 6.45) is 0. The van der Waals surface area contributed by atoms with E-state index < -0.39 is 15.8 Å². The van der Waals surface area contributed by atoms with Gasteiger partial charge in [-0.3, -0.25) is 4.57 Å². The molecule has 1 aromatic heterocycles. The third-order valence-corrected chi connectivity index (χ3v) is 5.83. The fraction of sp³-hybridized carbons (Fsp3) is 0.188. The highest BCUT2D eigenvalue weighted by atomic mass is 35.5. The zero-order valence-electron chi connectivity index (χ0n) is 13.1. The van der Waals surface area contributed by atoms with Gasteiger partial charge in [0.15, 0.2) is 5.58 Å². The Kier molecular flexibility index (Phi) is 4.92. The first kappa shape index (κ1) is 18.0. The normalized spacial score (nSPS) is 12.0. The number of hydrogen-bond donors (Lipinski definition) is 1. The first-order valence-electron chi connectivity index (χ1n) is 7.39. The number of halogens is 2. The monoisotopic (exact) mass is 400 g/mol. The quantitative estimate of drug-likeness (QED) is 0.711. The van der Waals surface area contributed by atoms with Crippen LogP contribution >= 0.6 is 23.2 Å². The minimum Gasteiger partial charge on any atom is -0.408 e. The van der Waals surface area contributed by atoms with Gasteiger partial charge in [0.2, 0.25) is 10.0 Å². The lowest BCUT2D eigenvalue weighted by atomic mass is 10.2. The van der Waals surface area contributed by atoms with Gasteiger partial charge in [0.25, 0.3) is 0 Å². The molecule has 0 amide bonds. The maximum absolute atomic E-state index is 12.6. The highest BCUT2D eigenvalue weighted by Crippen LogP contribution is 2.27. The Morgan fingerprint density at radius 2 is 1.84 bits per heavy atom. The summed E-state index contributed by atoms with van der Waals surface area (Å²) in [5.41, 5.74) is 1.37. The Labute approximate surface area is 154 Å². The minimum absolute atomic E-state index is 0.0131. The van der Waals surface area contributed by atoms with Gasteiger partial charge in [-0.2, -0.15) is 0 Å². The summed E-state index contributed by atoms with van der Waals surface area (Å²) in [7, 11) is -3.89. The summed E-state index contributed by atoms with van der Waals surface area (Å²) in [5.74, 6) is -0.558. The van der Waals surface area contributed by atoms with E-state index in [4.69, 9.17) is 27.6 Å². The van der Waals surface area contributed by atoms with E-state index in [1.54, 1.807) is 31.2 Å². The second kappa shape index (κ2) is 6.84. The van der Waals surface area contributed by atoms with E-state index in [9.17, 15) is 13.2 Å². The Hall–Kier alpha value is -1.80. The number of nitrogens with one attached hydrogen (secondary N) is 1. The molecule has 0 aliphatic carbocycles. The predicted octanol–water partition coefficient (Wildman–Crippen LogP) is 3.40. The van der Waals surface area contributed by atoms with E-state index in [2.05, 4.69) is 4.72 Å². The topological polar surface area (TPSA) is 81.3 Å². The lowest BCUT2D eigenvalue weighted by molar-refractivity contribution is 0.512. The van der Waals surface area contributed by atoms with E-state index >= 15 is 0 Å². The van der Waals surface area contributed by atoms with Crippen LogP contribution in [0.15, 0.2) is 50.5 Å². The summed E-state index contributed by atoms with van der Waals surface area (Å²) in [5, 5.41) is 0.578. The fourth-order valence-electron chi connectivity index (χ4n) is 2.43. The molecule has 0 fully saturated rings. The van der Waals surface area contributed by atoms with Crippen LogP contribution in [0.25, 0.3) is 11.1 Å². The molecule has 9 heteroatoms. The number of sulfonamides is 1. The largest absolute Gasteiger partial charge is 0.419 e. The van der Waals surface area contributed by atoms with Gasteiger partial charge in [-0.05, 0) is 30.7 Å². The van der Waals surface area contributed by atoms with Crippen molar-refractivity contribution < 1.29 is 12.8 Å². The molecule has 3 rings (SSSR count). The molecule has 0 unspecified atom stereocenters. The standard InChI is InChI=1S/C16H14Cl2N2O4S/c1-2-20-13-7-12(18)15(8-14(13)24-16(20)21)25(22,23)19-9-10-3-5-11(17)6-4-10/h3-8,19H,2,9H2,1H3. The zero-order chi connectivity index (χ0) is 18.2. The summed E-state index contributed by atoms with van der Waals surface area (Å²) in [4.78, 5) is 11.6. The van der Waals surface area contributed by atoms with Crippen molar-refractivity contribution in [2.24, 2.45) is 0 Å². The number of fused-ring (bicyclic) bond motifs is 1. The van der Waals surface area contributed by atoms with Gasteiger partial charge in [0, 0.05) is 24.2 Å².